The molecule has 0 atom stereocenters. The first-order chi connectivity index (χ1) is 9.76. The highest BCUT2D eigenvalue weighted by Gasteiger charge is 2.18. The average Bonchev–Trinajstić information content (AvgIpc) is 2.70. The second kappa shape index (κ2) is 5.68. The Morgan fingerprint density at radius 2 is 2.15 bits per heavy atom. The fourth-order valence-electron chi connectivity index (χ4n) is 2.59. The number of nitrogens with two attached hydrogens (primary N) is 1. The molecule has 6 nitrogen and oxygen atoms in total. The molecule has 0 aliphatic carbocycles. The molecular weight excluding hydrogens is 256 g/mol. The lowest BCUT2D eigenvalue weighted by molar-refractivity contribution is 0.204. The van der Waals surface area contributed by atoms with Crippen molar-refractivity contribution in [3.8, 4) is 0 Å². The number of fused-ring (bicyclic) bond motifs is 1. The maximum Gasteiger partial charge on any atom is 0.298 e. The Kier molecular flexibility index (Phi) is 3.75. The van der Waals surface area contributed by atoms with Gasteiger partial charge in [-0.2, -0.15) is 4.98 Å². The first-order valence-corrected chi connectivity index (χ1v) is 7.00. The summed E-state index contributed by atoms with van der Waals surface area (Å²) < 4.78 is 5.81. The van der Waals surface area contributed by atoms with Gasteiger partial charge in [0.05, 0.1) is 6.61 Å². The van der Waals surface area contributed by atoms with Crippen molar-refractivity contribution >= 4 is 22.8 Å². The maximum absolute atomic E-state index is 9.02. The molecule has 1 saturated heterocycles. The smallest absolute Gasteiger partial charge is 0.298 e. The van der Waals surface area contributed by atoms with E-state index in [2.05, 4.69) is 14.8 Å². The SMILES string of the molecule is Nc1ccc2nc(N3CCCN(CCO)CC3)oc2c1. The van der Waals surface area contributed by atoms with E-state index in [4.69, 9.17) is 15.3 Å². The third-order valence-corrected chi connectivity index (χ3v) is 3.68. The van der Waals surface area contributed by atoms with Crippen molar-refractivity contribution < 1.29 is 9.52 Å². The minimum atomic E-state index is 0.210. The largest absolute Gasteiger partial charge is 0.423 e. The van der Waals surface area contributed by atoms with E-state index in [1.807, 2.05) is 18.2 Å². The summed E-state index contributed by atoms with van der Waals surface area (Å²) in [6.45, 7) is 4.65. The zero-order chi connectivity index (χ0) is 13.9. The van der Waals surface area contributed by atoms with Crippen LogP contribution >= 0.6 is 0 Å². The fourth-order valence-corrected chi connectivity index (χ4v) is 2.59. The summed E-state index contributed by atoms with van der Waals surface area (Å²) in [5.41, 5.74) is 8.01. The number of rotatable bonds is 3. The van der Waals surface area contributed by atoms with Gasteiger partial charge in [0, 0.05) is 37.9 Å². The maximum atomic E-state index is 9.02. The van der Waals surface area contributed by atoms with Gasteiger partial charge in [-0.1, -0.05) is 0 Å². The van der Waals surface area contributed by atoms with E-state index in [0.717, 1.165) is 50.2 Å². The van der Waals surface area contributed by atoms with Gasteiger partial charge < -0.3 is 20.2 Å². The van der Waals surface area contributed by atoms with Crippen LogP contribution in [-0.2, 0) is 0 Å². The van der Waals surface area contributed by atoms with E-state index in [-0.39, 0.29) is 6.61 Å². The summed E-state index contributed by atoms with van der Waals surface area (Å²) in [6, 6.07) is 6.19. The van der Waals surface area contributed by atoms with E-state index >= 15 is 0 Å². The molecule has 20 heavy (non-hydrogen) atoms. The molecule has 2 aromatic rings. The molecule has 1 aliphatic heterocycles. The van der Waals surface area contributed by atoms with Crippen LogP contribution < -0.4 is 10.6 Å². The Hall–Kier alpha value is -1.79. The van der Waals surface area contributed by atoms with Gasteiger partial charge in [-0.25, -0.2) is 0 Å². The number of hydrogen-bond donors (Lipinski definition) is 2. The third-order valence-electron chi connectivity index (χ3n) is 3.68. The number of aliphatic hydroxyl groups excluding tert-OH is 1. The van der Waals surface area contributed by atoms with Gasteiger partial charge in [-0.05, 0) is 25.1 Å². The fraction of sp³-hybridized carbons (Fsp3) is 0.500. The van der Waals surface area contributed by atoms with E-state index in [0.29, 0.717) is 11.7 Å². The van der Waals surface area contributed by atoms with Crippen molar-refractivity contribution in [3.05, 3.63) is 18.2 Å². The number of nitrogens with zero attached hydrogens (tertiary/aromatic N) is 3. The van der Waals surface area contributed by atoms with Crippen molar-refractivity contribution in [1.82, 2.24) is 9.88 Å². The number of hydrogen-bond acceptors (Lipinski definition) is 6. The number of aromatic nitrogens is 1. The minimum absolute atomic E-state index is 0.210. The summed E-state index contributed by atoms with van der Waals surface area (Å²) in [6.07, 6.45) is 1.04. The molecule has 0 saturated carbocycles. The van der Waals surface area contributed by atoms with E-state index in [1.165, 1.54) is 0 Å². The van der Waals surface area contributed by atoms with Gasteiger partial charge in [0.2, 0.25) is 0 Å². The second-order valence-electron chi connectivity index (χ2n) is 5.13. The van der Waals surface area contributed by atoms with Gasteiger partial charge in [0.25, 0.3) is 6.01 Å². The van der Waals surface area contributed by atoms with Crippen LogP contribution in [0.1, 0.15) is 6.42 Å². The van der Waals surface area contributed by atoms with Crippen LogP contribution in [0.4, 0.5) is 11.7 Å². The van der Waals surface area contributed by atoms with Crippen LogP contribution in [0.5, 0.6) is 0 Å². The van der Waals surface area contributed by atoms with Gasteiger partial charge in [0.15, 0.2) is 5.58 Å². The molecule has 0 spiro atoms. The number of benzene rings is 1. The topological polar surface area (TPSA) is 78.8 Å². The lowest BCUT2D eigenvalue weighted by Crippen LogP contribution is -2.32. The van der Waals surface area contributed by atoms with E-state index in [9.17, 15) is 0 Å². The molecule has 0 bridgehead atoms. The first-order valence-electron chi connectivity index (χ1n) is 7.00. The molecule has 0 amide bonds. The van der Waals surface area contributed by atoms with E-state index < -0.39 is 0 Å². The normalized spacial score (nSPS) is 17.6. The predicted octanol–water partition coefficient (Wildman–Crippen LogP) is 0.914. The number of nitrogen functional groups attached to an aromatic ring is 1. The van der Waals surface area contributed by atoms with E-state index in [1.54, 1.807) is 0 Å². The van der Waals surface area contributed by atoms with Crippen LogP contribution in [0.2, 0.25) is 0 Å². The Labute approximate surface area is 117 Å². The molecule has 1 fully saturated rings. The zero-order valence-corrected chi connectivity index (χ0v) is 11.5. The monoisotopic (exact) mass is 276 g/mol. The standard InChI is InChI=1S/C14H20N4O2/c15-11-2-3-12-13(10-11)20-14(16-12)18-5-1-4-17(6-7-18)8-9-19/h2-3,10,19H,1,4-9,15H2. The van der Waals surface area contributed by atoms with Gasteiger partial charge in [-0.3, -0.25) is 4.90 Å². The highest BCUT2D eigenvalue weighted by molar-refractivity contribution is 5.78. The molecule has 0 unspecified atom stereocenters. The molecule has 1 aromatic heterocycles. The molecule has 1 aromatic carbocycles. The number of oxazole rings is 1. The molecule has 2 heterocycles. The summed E-state index contributed by atoms with van der Waals surface area (Å²) in [5, 5.41) is 9.02. The predicted molar refractivity (Wildman–Crippen MR) is 78.8 cm³/mol. The van der Waals surface area contributed by atoms with Crippen molar-refractivity contribution in [2.24, 2.45) is 0 Å². The van der Waals surface area contributed by atoms with Crippen molar-refractivity contribution in [2.45, 2.75) is 6.42 Å². The summed E-state index contributed by atoms with van der Waals surface area (Å²) in [4.78, 5) is 8.95. The highest BCUT2D eigenvalue weighted by Crippen LogP contribution is 2.24. The average molecular weight is 276 g/mol. The van der Waals surface area contributed by atoms with Crippen molar-refractivity contribution in [1.29, 1.82) is 0 Å². The summed E-state index contributed by atoms with van der Waals surface area (Å²) >= 11 is 0. The minimum Gasteiger partial charge on any atom is -0.423 e. The molecule has 3 rings (SSSR count). The zero-order valence-electron chi connectivity index (χ0n) is 11.5. The lowest BCUT2D eigenvalue weighted by atomic mass is 10.3. The Morgan fingerprint density at radius 1 is 1.25 bits per heavy atom. The van der Waals surface area contributed by atoms with Crippen LogP contribution in [0.25, 0.3) is 11.1 Å². The quantitative estimate of drug-likeness (QED) is 0.811. The Balaban J connectivity index is 1.77. The Morgan fingerprint density at radius 3 is 3.00 bits per heavy atom. The van der Waals surface area contributed by atoms with Crippen molar-refractivity contribution in [2.75, 3.05) is 50.0 Å². The molecule has 6 heteroatoms. The molecule has 1 aliphatic rings. The number of anilines is 2. The van der Waals surface area contributed by atoms with Gasteiger partial charge >= 0.3 is 0 Å². The molecule has 108 valence electrons. The van der Waals surface area contributed by atoms with Gasteiger partial charge in [0.1, 0.15) is 5.52 Å². The first kappa shape index (κ1) is 13.2. The van der Waals surface area contributed by atoms with Crippen LogP contribution in [0, 0.1) is 0 Å². The summed E-state index contributed by atoms with van der Waals surface area (Å²) in [5.74, 6) is 0. The highest BCUT2D eigenvalue weighted by atomic mass is 16.4. The van der Waals surface area contributed by atoms with Crippen molar-refractivity contribution in [3.63, 3.8) is 0 Å². The lowest BCUT2D eigenvalue weighted by Gasteiger charge is -2.19. The van der Waals surface area contributed by atoms with Gasteiger partial charge in [-0.15, -0.1) is 0 Å². The van der Waals surface area contributed by atoms with Crippen LogP contribution in [-0.4, -0.2) is 54.3 Å². The van der Waals surface area contributed by atoms with Crippen LogP contribution in [0.3, 0.4) is 0 Å². The Bertz CT molecular complexity index is 584. The number of aliphatic hydroxyl groups is 1. The molecular formula is C14H20N4O2. The van der Waals surface area contributed by atoms with Crippen LogP contribution in [0.15, 0.2) is 22.6 Å². The molecule has 3 N–H and O–H groups in total. The third kappa shape index (κ3) is 2.71. The molecule has 0 radical (unpaired) electrons. The second-order valence-corrected chi connectivity index (χ2v) is 5.13. The summed E-state index contributed by atoms with van der Waals surface area (Å²) in [7, 11) is 0. The number of β-amino-alcohol motifs (C(OH)–C–C–N with tert-alkyl or cyclic N) is 1.